The van der Waals surface area contributed by atoms with Gasteiger partial charge in [0, 0.05) is 56.5 Å². The Bertz CT molecular complexity index is 1290. The molecule has 200 valence electrons. The summed E-state index contributed by atoms with van der Waals surface area (Å²) in [6, 6.07) is 12.1. The van der Waals surface area contributed by atoms with Crippen molar-refractivity contribution in [3.05, 3.63) is 60.0 Å². The zero-order chi connectivity index (χ0) is 26.9. The maximum atomic E-state index is 12.8. The van der Waals surface area contributed by atoms with Crippen LogP contribution in [-0.4, -0.2) is 83.7 Å². The summed E-state index contributed by atoms with van der Waals surface area (Å²) < 4.78 is 51.4. The number of amides is 2. The van der Waals surface area contributed by atoms with Gasteiger partial charge in [-0.15, -0.1) is 13.2 Å². The highest BCUT2D eigenvalue weighted by atomic mass is 19.4. The largest absolute Gasteiger partial charge is 0.573 e. The molecule has 0 spiro atoms. The van der Waals surface area contributed by atoms with Crippen LogP contribution in [0.1, 0.15) is 16.2 Å². The van der Waals surface area contributed by atoms with E-state index in [0.717, 1.165) is 17.7 Å². The van der Waals surface area contributed by atoms with Gasteiger partial charge in [0.1, 0.15) is 11.9 Å². The Morgan fingerprint density at radius 1 is 1.05 bits per heavy atom. The van der Waals surface area contributed by atoms with Gasteiger partial charge in [0.05, 0.1) is 6.54 Å². The Morgan fingerprint density at radius 2 is 1.74 bits per heavy atom. The van der Waals surface area contributed by atoms with Gasteiger partial charge in [-0.2, -0.15) is 4.98 Å². The minimum Gasteiger partial charge on any atom is -0.443 e. The van der Waals surface area contributed by atoms with Crippen LogP contribution in [0.25, 0.3) is 11.4 Å². The number of rotatable bonds is 6. The molecule has 0 bridgehead atoms. The molecule has 0 aliphatic carbocycles. The third-order valence-corrected chi connectivity index (χ3v) is 6.30. The SMILES string of the molecule is Cc1nc(-c2ccc(N3CC(CN4CCN(C(=O)c5ccc(OC(F)(F)F)cc5)CC4)OC3=O)cc2)no1. The fourth-order valence-corrected chi connectivity index (χ4v) is 4.44. The van der Waals surface area contributed by atoms with Crippen molar-refractivity contribution in [2.75, 3.05) is 44.2 Å². The summed E-state index contributed by atoms with van der Waals surface area (Å²) >= 11 is 0. The lowest BCUT2D eigenvalue weighted by Gasteiger charge is -2.35. The fraction of sp³-hybridized carbons (Fsp3) is 0.360. The van der Waals surface area contributed by atoms with Gasteiger partial charge in [0.15, 0.2) is 0 Å². The number of aromatic nitrogens is 2. The van der Waals surface area contributed by atoms with Gasteiger partial charge >= 0.3 is 12.5 Å². The number of cyclic esters (lactones) is 1. The molecule has 0 radical (unpaired) electrons. The molecule has 2 amide bonds. The number of carbonyl (C=O) groups is 2. The number of piperazine rings is 1. The second kappa shape index (κ2) is 10.3. The normalized spacial score (nSPS) is 18.5. The van der Waals surface area contributed by atoms with E-state index in [1.54, 1.807) is 28.9 Å². The molecule has 2 fully saturated rings. The number of nitrogens with zero attached hydrogens (tertiary/aromatic N) is 5. The van der Waals surface area contributed by atoms with Crippen molar-refractivity contribution in [1.82, 2.24) is 19.9 Å². The number of ether oxygens (including phenoxy) is 2. The first-order valence-electron chi connectivity index (χ1n) is 11.9. The second-order valence-corrected chi connectivity index (χ2v) is 8.97. The molecule has 13 heteroatoms. The van der Waals surface area contributed by atoms with Crippen LogP contribution in [0.3, 0.4) is 0 Å². The molecular formula is C25H24F3N5O5. The summed E-state index contributed by atoms with van der Waals surface area (Å²) in [6.07, 6.45) is -5.54. The van der Waals surface area contributed by atoms with Crippen LogP contribution >= 0.6 is 0 Å². The zero-order valence-electron chi connectivity index (χ0n) is 20.3. The molecular weight excluding hydrogens is 507 g/mol. The minimum atomic E-state index is -4.79. The van der Waals surface area contributed by atoms with Gasteiger partial charge < -0.3 is 18.9 Å². The number of alkyl halides is 3. The summed E-state index contributed by atoms with van der Waals surface area (Å²) in [5, 5.41) is 3.89. The monoisotopic (exact) mass is 531 g/mol. The maximum Gasteiger partial charge on any atom is 0.573 e. The number of benzene rings is 2. The van der Waals surface area contributed by atoms with Gasteiger partial charge in [-0.1, -0.05) is 5.16 Å². The fourth-order valence-electron chi connectivity index (χ4n) is 4.44. The van der Waals surface area contributed by atoms with Gasteiger partial charge in [-0.25, -0.2) is 4.79 Å². The molecule has 0 N–H and O–H groups in total. The van der Waals surface area contributed by atoms with E-state index in [1.807, 2.05) is 12.1 Å². The molecule has 5 rings (SSSR count). The molecule has 0 saturated carbocycles. The first-order valence-corrected chi connectivity index (χ1v) is 11.9. The minimum absolute atomic E-state index is 0.263. The molecule has 10 nitrogen and oxygen atoms in total. The van der Waals surface area contributed by atoms with Crippen LogP contribution in [0.4, 0.5) is 23.7 Å². The highest BCUT2D eigenvalue weighted by Gasteiger charge is 2.35. The van der Waals surface area contributed by atoms with Crippen molar-refractivity contribution in [1.29, 1.82) is 0 Å². The van der Waals surface area contributed by atoms with Crippen LogP contribution in [0, 0.1) is 6.92 Å². The number of halogens is 3. The van der Waals surface area contributed by atoms with Crippen molar-refractivity contribution in [3.63, 3.8) is 0 Å². The van der Waals surface area contributed by atoms with Crippen molar-refractivity contribution < 1.29 is 36.8 Å². The van der Waals surface area contributed by atoms with Crippen molar-refractivity contribution in [3.8, 4) is 17.1 Å². The van der Waals surface area contributed by atoms with Crippen LogP contribution in [-0.2, 0) is 4.74 Å². The van der Waals surface area contributed by atoms with E-state index >= 15 is 0 Å². The van der Waals surface area contributed by atoms with Crippen molar-refractivity contribution >= 4 is 17.7 Å². The standard InChI is InChI=1S/C25H24F3N5O5/c1-16-29-22(30-38-16)17-2-6-19(7-3-17)33-15-21(36-24(33)35)14-31-10-12-32(13-11-31)23(34)18-4-8-20(9-5-18)37-25(26,27)28/h2-9,21H,10-15H2,1H3. The summed E-state index contributed by atoms with van der Waals surface area (Å²) in [5.74, 6) is 0.299. The lowest BCUT2D eigenvalue weighted by Crippen LogP contribution is -2.50. The number of aryl methyl sites for hydroxylation is 1. The van der Waals surface area contributed by atoms with E-state index in [1.165, 1.54) is 12.1 Å². The number of carbonyl (C=O) groups excluding carboxylic acids is 2. The lowest BCUT2D eigenvalue weighted by molar-refractivity contribution is -0.274. The lowest BCUT2D eigenvalue weighted by atomic mass is 10.1. The summed E-state index contributed by atoms with van der Waals surface area (Å²) in [5.41, 5.74) is 1.75. The highest BCUT2D eigenvalue weighted by molar-refractivity contribution is 5.94. The molecule has 38 heavy (non-hydrogen) atoms. The average molecular weight is 531 g/mol. The first-order chi connectivity index (χ1) is 18.1. The summed E-state index contributed by atoms with van der Waals surface area (Å²) in [4.78, 5) is 34.8. The average Bonchev–Trinajstić information content (AvgIpc) is 3.49. The van der Waals surface area contributed by atoms with Crippen LogP contribution in [0.5, 0.6) is 5.75 Å². The first kappa shape index (κ1) is 25.5. The van der Waals surface area contributed by atoms with E-state index in [9.17, 15) is 22.8 Å². The van der Waals surface area contributed by atoms with E-state index in [2.05, 4.69) is 19.8 Å². The quantitative estimate of drug-likeness (QED) is 0.475. The van der Waals surface area contributed by atoms with Gasteiger partial charge in [-0.3, -0.25) is 14.6 Å². The van der Waals surface area contributed by atoms with E-state index in [0.29, 0.717) is 56.7 Å². The Hall–Kier alpha value is -4.13. The maximum absolute atomic E-state index is 12.8. The summed E-state index contributed by atoms with van der Waals surface area (Å²) in [6.45, 7) is 4.67. The molecule has 3 heterocycles. The van der Waals surface area contributed by atoms with Crippen molar-refractivity contribution in [2.45, 2.75) is 19.4 Å². The van der Waals surface area contributed by atoms with Crippen LogP contribution < -0.4 is 9.64 Å². The van der Waals surface area contributed by atoms with Gasteiger partial charge in [0.25, 0.3) is 5.91 Å². The van der Waals surface area contributed by atoms with Crippen LogP contribution in [0.15, 0.2) is 53.1 Å². The Balaban J connectivity index is 1.11. The van der Waals surface area contributed by atoms with Crippen molar-refractivity contribution in [2.24, 2.45) is 0 Å². The van der Waals surface area contributed by atoms with Gasteiger partial charge in [-0.05, 0) is 48.5 Å². The predicted molar refractivity (Wildman–Crippen MR) is 128 cm³/mol. The Kier molecular flexibility index (Phi) is 6.93. The van der Waals surface area contributed by atoms with E-state index in [-0.39, 0.29) is 23.3 Å². The molecule has 2 saturated heterocycles. The van der Waals surface area contributed by atoms with Crippen LogP contribution in [0.2, 0.25) is 0 Å². The second-order valence-electron chi connectivity index (χ2n) is 8.97. The van der Waals surface area contributed by atoms with Gasteiger partial charge in [0.2, 0.25) is 11.7 Å². The Labute approximate surface area is 215 Å². The van der Waals surface area contributed by atoms with E-state index < -0.39 is 12.5 Å². The topological polar surface area (TPSA) is 101 Å². The smallest absolute Gasteiger partial charge is 0.443 e. The third kappa shape index (κ3) is 5.88. The molecule has 1 unspecified atom stereocenters. The number of hydrogen-bond donors (Lipinski definition) is 0. The molecule has 1 atom stereocenters. The van der Waals surface area contributed by atoms with E-state index in [4.69, 9.17) is 9.26 Å². The zero-order valence-corrected chi connectivity index (χ0v) is 20.3. The molecule has 2 aliphatic rings. The molecule has 3 aromatic rings. The highest BCUT2D eigenvalue weighted by Crippen LogP contribution is 2.26. The summed E-state index contributed by atoms with van der Waals surface area (Å²) in [7, 11) is 0. The predicted octanol–water partition coefficient (Wildman–Crippen LogP) is 3.73. The Morgan fingerprint density at radius 3 is 2.34 bits per heavy atom. The molecule has 1 aromatic heterocycles. The molecule has 2 aliphatic heterocycles. The number of hydrogen-bond acceptors (Lipinski definition) is 8. The third-order valence-electron chi connectivity index (χ3n) is 6.30. The molecule has 2 aromatic carbocycles. The number of anilines is 1.